The number of hydrogen-bond acceptors (Lipinski definition) is 4. The normalized spacial score (nSPS) is 10.9. The molecule has 0 saturated heterocycles. The number of aromatic nitrogens is 2. The first-order valence-corrected chi connectivity index (χ1v) is 5.54. The third-order valence-corrected chi connectivity index (χ3v) is 2.39. The maximum Gasteiger partial charge on any atom is 0.420 e. The predicted octanol–water partition coefficient (Wildman–Crippen LogP) is 3.81. The fraction of sp³-hybridized carbons (Fsp3) is 0.0833. The van der Waals surface area contributed by atoms with Gasteiger partial charge in [-0.25, -0.2) is 0 Å². The minimum Gasteiger partial charge on any atom is -0.437 e. The summed E-state index contributed by atoms with van der Waals surface area (Å²) in [5, 5.41) is 8.64. The molecule has 102 valence electrons. The number of hydrogen-bond donors (Lipinski definition) is 0. The highest BCUT2D eigenvalue weighted by Crippen LogP contribution is 2.38. The third-order valence-electron chi connectivity index (χ3n) is 2.21. The van der Waals surface area contributed by atoms with Crippen LogP contribution in [0.3, 0.4) is 0 Å². The van der Waals surface area contributed by atoms with E-state index in [1.165, 1.54) is 12.3 Å². The molecule has 20 heavy (non-hydrogen) atoms. The molecule has 2 aromatic rings. The molecule has 0 unspecified atom stereocenters. The summed E-state index contributed by atoms with van der Waals surface area (Å²) in [5.74, 6) is -0.652. The van der Waals surface area contributed by atoms with Crippen molar-refractivity contribution < 1.29 is 17.9 Å². The molecule has 0 fully saturated rings. The minimum absolute atomic E-state index is 0.00953. The average Bonchev–Trinajstić information content (AvgIpc) is 2.38. The molecule has 0 aliphatic rings. The Kier molecular flexibility index (Phi) is 3.77. The van der Waals surface area contributed by atoms with Gasteiger partial charge in [0.1, 0.15) is 5.75 Å². The van der Waals surface area contributed by atoms with Crippen molar-refractivity contribution in [3.05, 3.63) is 46.9 Å². The van der Waals surface area contributed by atoms with Gasteiger partial charge >= 0.3 is 6.18 Å². The third kappa shape index (κ3) is 3.16. The molecule has 0 N–H and O–H groups in total. The van der Waals surface area contributed by atoms with Crippen LogP contribution in [-0.4, -0.2) is 9.97 Å². The Labute approximate surface area is 116 Å². The summed E-state index contributed by atoms with van der Waals surface area (Å²) in [4.78, 5) is 7.34. The van der Waals surface area contributed by atoms with E-state index in [2.05, 4.69) is 9.97 Å². The Morgan fingerprint density at radius 2 is 2.00 bits per heavy atom. The molecule has 0 atom stereocenters. The van der Waals surface area contributed by atoms with E-state index in [1.54, 1.807) is 6.07 Å². The van der Waals surface area contributed by atoms with Crippen LogP contribution < -0.4 is 4.74 Å². The van der Waals surface area contributed by atoms with Crippen molar-refractivity contribution in [3.63, 3.8) is 0 Å². The lowest BCUT2D eigenvalue weighted by Crippen LogP contribution is -2.08. The van der Waals surface area contributed by atoms with Crippen LogP contribution in [0.2, 0.25) is 5.15 Å². The standard InChI is InChI=1S/C12H5ClF3N3O/c13-10-5-18-6-11(19-10)20-9-2-1-7(4-17)3-8(9)12(14,15)16/h1-3,5-6H. The molecule has 0 spiro atoms. The van der Waals surface area contributed by atoms with Crippen molar-refractivity contribution in [1.29, 1.82) is 5.26 Å². The van der Waals surface area contributed by atoms with Gasteiger partial charge in [-0.05, 0) is 18.2 Å². The second-order valence-corrected chi connectivity index (χ2v) is 3.99. The van der Waals surface area contributed by atoms with Gasteiger partial charge in [0.15, 0.2) is 5.15 Å². The number of ether oxygens (including phenoxy) is 1. The summed E-state index contributed by atoms with van der Waals surface area (Å²) in [6, 6.07) is 4.59. The number of rotatable bonds is 2. The van der Waals surface area contributed by atoms with E-state index in [-0.39, 0.29) is 16.6 Å². The highest BCUT2D eigenvalue weighted by molar-refractivity contribution is 6.29. The van der Waals surface area contributed by atoms with Crippen molar-refractivity contribution in [1.82, 2.24) is 9.97 Å². The van der Waals surface area contributed by atoms with Gasteiger partial charge in [0, 0.05) is 0 Å². The molecule has 2 rings (SSSR count). The molecule has 1 heterocycles. The van der Waals surface area contributed by atoms with Crippen LogP contribution in [-0.2, 0) is 6.18 Å². The van der Waals surface area contributed by atoms with Crippen LogP contribution >= 0.6 is 11.6 Å². The largest absolute Gasteiger partial charge is 0.437 e. The van der Waals surface area contributed by atoms with Gasteiger partial charge < -0.3 is 4.74 Å². The van der Waals surface area contributed by atoms with Gasteiger partial charge in [0.25, 0.3) is 0 Å². The minimum atomic E-state index is -4.66. The quantitative estimate of drug-likeness (QED) is 0.846. The molecule has 0 aliphatic carbocycles. The van der Waals surface area contributed by atoms with Gasteiger partial charge in [-0.1, -0.05) is 11.6 Å². The zero-order valence-electron chi connectivity index (χ0n) is 9.65. The fourth-order valence-electron chi connectivity index (χ4n) is 1.40. The van der Waals surface area contributed by atoms with Gasteiger partial charge in [0.2, 0.25) is 5.88 Å². The molecule has 8 heteroatoms. The zero-order valence-corrected chi connectivity index (χ0v) is 10.4. The van der Waals surface area contributed by atoms with Crippen molar-refractivity contribution in [3.8, 4) is 17.7 Å². The number of alkyl halides is 3. The molecule has 4 nitrogen and oxygen atoms in total. The van der Waals surface area contributed by atoms with Gasteiger partial charge in [0.05, 0.1) is 29.6 Å². The first-order valence-electron chi connectivity index (χ1n) is 5.17. The van der Waals surface area contributed by atoms with Crippen molar-refractivity contribution in [2.75, 3.05) is 0 Å². The van der Waals surface area contributed by atoms with Gasteiger partial charge in [-0.15, -0.1) is 0 Å². The topological polar surface area (TPSA) is 58.8 Å². The summed E-state index contributed by atoms with van der Waals surface area (Å²) < 4.78 is 43.7. The lowest BCUT2D eigenvalue weighted by atomic mass is 10.1. The highest BCUT2D eigenvalue weighted by Gasteiger charge is 2.35. The number of benzene rings is 1. The summed E-state index contributed by atoms with van der Waals surface area (Å²) in [7, 11) is 0. The first-order chi connectivity index (χ1) is 9.40. The van der Waals surface area contributed by atoms with Crippen LogP contribution in [0.5, 0.6) is 11.6 Å². The van der Waals surface area contributed by atoms with E-state index in [0.29, 0.717) is 6.07 Å². The Balaban J connectivity index is 2.44. The maximum absolute atomic E-state index is 12.9. The van der Waals surface area contributed by atoms with E-state index in [0.717, 1.165) is 12.3 Å². The van der Waals surface area contributed by atoms with Crippen molar-refractivity contribution >= 4 is 11.6 Å². The SMILES string of the molecule is N#Cc1ccc(Oc2cncc(Cl)n2)c(C(F)(F)F)c1. The monoisotopic (exact) mass is 299 g/mol. The van der Waals surface area contributed by atoms with Crippen LogP contribution in [0.1, 0.15) is 11.1 Å². The molecular formula is C12H5ClF3N3O. The fourth-order valence-corrected chi connectivity index (χ4v) is 1.54. The van der Waals surface area contributed by atoms with E-state index in [9.17, 15) is 13.2 Å². The maximum atomic E-state index is 12.9. The number of nitriles is 1. The van der Waals surface area contributed by atoms with Crippen LogP contribution in [0.15, 0.2) is 30.6 Å². The number of halogens is 4. The Bertz CT molecular complexity index is 682. The van der Waals surface area contributed by atoms with E-state index >= 15 is 0 Å². The molecule has 0 radical (unpaired) electrons. The highest BCUT2D eigenvalue weighted by atomic mass is 35.5. The Morgan fingerprint density at radius 1 is 1.25 bits per heavy atom. The summed E-state index contributed by atoms with van der Waals surface area (Å²) in [5.41, 5.74) is -1.19. The second-order valence-electron chi connectivity index (χ2n) is 3.60. The van der Waals surface area contributed by atoms with E-state index < -0.39 is 17.5 Å². The van der Waals surface area contributed by atoms with Crippen LogP contribution in [0.25, 0.3) is 0 Å². The smallest absolute Gasteiger partial charge is 0.420 e. The molecule has 1 aromatic heterocycles. The summed E-state index contributed by atoms with van der Waals surface area (Å²) in [6.07, 6.45) is -2.31. The Hall–Kier alpha value is -2.33. The van der Waals surface area contributed by atoms with Crippen molar-refractivity contribution in [2.24, 2.45) is 0 Å². The van der Waals surface area contributed by atoms with Crippen LogP contribution in [0, 0.1) is 11.3 Å². The second kappa shape index (κ2) is 5.35. The lowest BCUT2D eigenvalue weighted by Gasteiger charge is -2.13. The molecule has 0 bridgehead atoms. The molecule has 0 saturated carbocycles. The van der Waals surface area contributed by atoms with E-state index in [4.69, 9.17) is 21.6 Å². The van der Waals surface area contributed by atoms with E-state index in [1.807, 2.05) is 0 Å². The average molecular weight is 300 g/mol. The van der Waals surface area contributed by atoms with Gasteiger partial charge in [-0.2, -0.15) is 23.4 Å². The zero-order chi connectivity index (χ0) is 14.8. The molecule has 1 aromatic carbocycles. The summed E-state index contributed by atoms with van der Waals surface area (Å²) in [6.45, 7) is 0. The first kappa shape index (κ1) is 14.1. The molecule has 0 amide bonds. The van der Waals surface area contributed by atoms with Crippen molar-refractivity contribution in [2.45, 2.75) is 6.18 Å². The molecule has 0 aliphatic heterocycles. The van der Waals surface area contributed by atoms with Crippen LogP contribution in [0.4, 0.5) is 13.2 Å². The molecular weight excluding hydrogens is 295 g/mol. The number of nitrogens with zero attached hydrogens (tertiary/aromatic N) is 3. The van der Waals surface area contributed by atoms with Gasteiger partial charge in [-0.3, -0.25) is 4.98 Å². The predicted molar refractivity (Wildman–Crippen MR) is 63.3 cm³/mol. The lowest BCUT2D eigenvalue weighted by molar-refractivity contribution is -0.138. The summed E-state index contributed by atoms with van der Waals surface area (Å²) >= 11 is 5.57. The Morgan fingerprint density at radius 3 is 2.60 bits per heavy atom.